The van der Waals surface area contributed by atoms with Crippen LogP contribution >= 0.6 is 11.6 Å². The minimum atomic E-state index is 0.201. The summed E-state index contributed by atoms with van der Waals surface area (Å²) in [5.41, 5.74) is 0.327. The van der Waals surface area contributed by atoms with Crippen molar-refractivity contribution < 1.29 is 9.47 Å². The Balaban J connectivity index is 2.26. The van der Waals surface area contributed by atoms with Crippen molar-refractivity contribution in [3.63, 3.8) is 0 Å². The molecular weight excluding hydrogens is 264 g/mol. The Labute approximate surface area is 116 Å². The van der Waals surface area contributed by atoms with E-state index in [0.717, 1.165) is 0 Å². The first-order valence-electron chi connectivity index (χ1n) is 5.70. The van der Waals surface area contributed by atoms with Gasteiger partial charge in [0.25, 0.3) is 0 Å². The Kier molecular flexibility index (Phi) is 4.22. The van der Waals surface area contributed by atoms with E-state index >= 15 is 0 Å². The van der Waals surface area contributed by atoms with Crippen LogP contribution in [0.3, 0.4) is 0 Å². The van der Waals surface area contributed by atoms with Crippen molar-refractivity contribution in [2.75, 3.05) is 6.61 Å². The summed E-state index contributed by atoms with van der Waals surface area (Å²) in [5.74, 6) is 1.46. The molecule has 0 aliphatic rings. The Morgan fingerprint density at radius 2 is 2.11 bits per heavy atom. The zero-order chi connectivity index (χ0) is 13.7. The molecule has 0 aliphatic heterocycles. The van der Waals surface area contributed by atoms with E-state index < -0.39 is 0 Å². The molecule has 4 nitrogen and oxygen atoms in total. The molecular formula is C14H11ClN2O2. The van der Waals surface area contributed by atoms with E-state index in [1.807, 2.05) is 25.1 Å². The quantitative estimate of drug-likeness (QED) is 0.851. The third kappa shape index (κ3) is 3.15. The van der Waals surface area contributed by atoms with E-state index in [0.29, 0.717) is 23.7 Å². The monoisotopic (exact) mass is 274 g/mol. The van der Waals surface area contributed by atoms with Gasteiger partial charge in [-0.25, -0.2) is 4.98 Å². The number of nitrogens with zero attached hydrogens (tertiary/aromatic N) is 2. The number of rotatable bonds is 4. The molecule has 0 saturated heterocycles. The van der Waals surface area contributed by atoms with Gasteiger partial charge in [0.1, 0.15) is 22.6 Å². The fourth-order valence-corrected chi connectivity index (χ4v) is 1.68. The summed E-state index contributed by atoms with van der Waals surface area (Å²) in [6, 6.07) is 10.6. The molecule has 1 aromatic heterocycles. The van der Waals surface area contributed by atoms with Gasteiger partial charge in [-0.15, -0.1) is 0 Å². The lowest BCUT2D eigenvalue weighted by Crippen LogP contribution is -1.93. The highest BCUT2D eigenvalue weighted by Crippen LogP contribution is 2.30. The molecule has 19 heavy (non-hydrogen) atoms. The van der Waals surface area contributed by atoms with Gasteiger partial charge in [-0.05, 0) is 25.1 Å². The van der Waals surface area contributed by atoms with Crippen molar-refractivity contribution in [2.24, 2.45) is 0 Å². The molecule has 0 spiro atoms. The Hall–Kier alpha value is -2.25. The second-order valence-corrected chi connectivity index (χ2v) is 3.98. The highest BCUT2D eigenvalue weighted by Gasteiger charge is 2.09. The summed E-state index contributed by atoms with van der Waals surface area (Å²) in [5, 5.41) is 9.09. The molecule has 1 heterocycles. The first-order chi connectivity index (χ1) is 9.24. The van der Waals surface area contributed by atoms with Crippen LogP contribution in [0.15, 0.2) is 36.5 Å². The highest BCUT2D eigenvalue weighted by atomic mass is 35.5. The lowest BCUT2D eigenvalue weighted by atomic mass is 10.3. The minimum Gasteiger partial charge on any atom is -0.494 e. The fourth-order valence-electron chi connectivity index (χ4n) is 1.49. The topological polar surface area (TPSA) is 55.1 Å². The number of ether oxygens (including phenoxy) is 2. The summed E-state index contributed by atoms with van der Waals surface area (Å²) in [7, 11) is 0. The number of hydrogen-bond acceptors (Lipinski definition) is 4. The highest BCUT2D eigenvalue weighted by molar-refractivity contribution is 6.33. The van der Waals surface area contributed by atoms with Gasteiger partial charge in [0.15, 0.2) is 0 Å². The Bertz CT molecular complexity index is 623. The van der Waals surface area contributed by atoms with Gasteiger partial charge in [0, 0.05) is 12.3 Å². The van der Waals surface area contributed by atoms with Gasteiger partial charge in [-0.3, -0.25) is 0 Å². The molecule has 5 heteroatoms. The maximum Gasteiger partial charge on any atom is 0.239 e. The van der Waals surface area contributed by atoms with Crippen LogP contribution in [0.1, 0.15) is 12.5 Å². The van der Waals surface area contributed by atoms with Crippen molar-refractivity contribution in [3.8, 4) is 23.4 Å². The van der Waals surface area contributed by atoms with Crippen molar-refractivity contribution in [3.05, 3.63) is 47.1 Å². The van der Waals surface area contributed by atoms with Gasteiger partial charge in [0.05, 0.1) is 12.2 Å². The summed E-state index contributed by atoms with van der Waals surface area (Å²) >= 11 is 6.02. The van der Waals surface area contributed by atoms with Crippen LogP contribution in [0.2, 0.25) is 5.02 Å². The first-order valence-corrected chi connectivity index (χ1v) is 6.07. The largest absolute Gasteiger partial charge is 0.494 e. The van der Waals surface area contributed by atoms with Crippen LogP contribution in [0.25, 0.3) is 0 Å². The molecule has 96 valence electrons. The molecule has 0 unspecified atom stereocenters. The van der Waals surface area contributed by atoms with Gasteiger partial charge < -0.3 is 9.47 Å². The first kappa shape index (κ1) is 13.2. The number of hydrogen-bond donors (Lipinski definition) is 0. The van der Waals surface area contributed by atoms with Gasteiger partial charge >= 0.3 is 0 Å². The lowest BCUT2D eigenvalue weighted by Gasteiger charge is -2.08. The summed E-state index contributed by atoms with van der Waals surface area (Å²) < 4.78 is 10.9. The van der Waals surface area contributed by atoms with E-state index in [1.54, 1.807) is 12.1 Å². The van der Waals surface area contributed by atoms with Crippen molar-refractivity contribution in [1.82, 2.24) is 4.98 Å². The van der Waals surface area contributed by atoms with E-state index in [1.165, 1.54) is 12.3 Å². The molecule has 0 N–H and O–H groups in total. The van der Waals surface area contributed by atoms with E-state index in [9.17, 15) is 0 Å². The lowest BCUT2D eigenvalue weighted by molar-refractivity contribution is 0.338. The fraction of sp³-hybridized carbons (Fsp3) is 0.143. The summed E-state index contributed by atoms with van der Waals surface area (Å²) in [6.07, 6.45) is 1.48. The third-order valence-electron chi connectivity index (χ3n) is 2.31. The van der Waals surface area contributed by atoms with Crippen LogP contribution in [-0.2, 0) is 0 Å². The van der Waals surface area contributed by atoms with Crippen LogP contribution in [-0.4, -0.2) is 11.6 Å². The Morgan fingerprint density at radius 1 is 1.32 bits per heavy atom. The molecule has 0 bridgehead atoms. The smallest absolute Gasteiger partial charge is 0.239 e. The normalized spacial score (nSPS) is 9.74. The molecule has 0 aliphatic carbocycles. The predicted octanol–water partition coefficient (Wildman–Crippen LogP) is 3.80. The van der Waals surface area contributed by atoms with Crippen LogP contribution < -0.4 is 9.47 Å². The molecule has 0 amide bonds. The average Bonchev–Trinajstić information content (AvgIpc) is 2.42. The molecule has 0 radical (unpaired) electrons. The average molecular weight is 275 g/mol. The van der Waals surface area contributed by atoms with Crippen LogP contribution in [0.4, 0.5) is 0 Å². The molecule has 2 aromatic rings. The summed E-state index contributed by atoms with van der Waals surface area (Å²) in [4.78, 5) is 4.01. The Morgan fingerprint density at radius 3 is 2.84 bits per heavy atom. The SMILES string of the molecule is CCOc1cccc(Oc2nccc(C#N)c2Cl)c1. The van der Waals surface area contributed by atoms with Crippen LogP contribution in [0, 0.1) is 11.3 Å². The van der Waals surface area contributed by atoms with Crippen molar-refractivity contribution in [1.29, 1.82) is 5.26 Å². The number of benzene rings is 1. The van der Waals surface area contributed by atoms with Crippen molar-refractivity contribution >= 4 is 11.6 Å². The maximum atomic E-state index is 8.89. The number of aromatic nitrogens is 1. The van der Waals surface area contributed by atoms with Crippen LogP contribution in [0.5, 0.6) is 17.4 Å². The third-order valence-corrected chi connectivity index (χ3v) is 2.67. The minimum absolute atomic E-state index is 0.201. The van der Waals surface area contributed by atoms with E-state index in [2.05, 4.69) is 4.98 Å². The summed E-state index contributed by atoms with van der Waals surface area (Å²) in [6.45, 7) is 2.48. The van der Waals surface area contributed by atoms with Crippen molar-refractivity contribution in [2.45, 2.75) is 6.92 Å². The van der Waals surface area contributed by atoms with Gasteiger partial charge in [-0.2, -0.15) is 5.26 Å². The second kappa shape index (κ2) is 6.07. The zero-order valence-corrected chi connectivity index (χ0v) is 11.0. The van der Waals surface area contributed by atoms with Gasteiger partial charge in [-0.1, -0.05) is 17.7 Å². The predicted molar refractivity (Wildman–Crippen MR) is 71.6 cm³/mol. The molecule has 1 aromatic carbocycles. The van der Waals surface area contributed by atoms with E-state index in [-0.39, 0.29) is 10.9 Å². The number of pyridine rings is 1. The molecule has 0 atom stereocenters. The zero-order valence-electron chi connectivity index (χ0n) is 10.3. The second-order valence-electron chi connectivity index (χ2n) is 3.60. The number of halogens is 1. The molecule has 0 fully saturated rings. The van der Waals surface area contributed by atoms with Gasteiger partial charge in [0.2, 0.25) is 5.88 Å². The molecule has 2 rings (SSSR count). The standard InChI is InChI=1S/C14H11ClN2O2/c1-2-18-11-4-3-5-12(8-11)19-14-13(15)10(9-16)6-7-17-14/h3-8H,2H2,1H3. The number of nitriles is 1. The maximum absolute atomic E-state index is 8.89. The van der Waals surface area contributed by atoms with E-state index in [4.69, 9.17) is 26.3 Å². The molecule has 0 saturated carbocycles.